The first kappa shape index (κ1) is 19.6. The molecule has 23 heavy (non-hydrogen) atoms. The van der Waals surface area contributed by atoms with Crippen molar-refractivity contribution >= 4 is 15.9 Å². The monoisotopic (exact) mass is 346 g/mol. The molecule has 0 bridgehead atoms. The summed E-state index contributed by atoms with van der Waals surface area (Å²) in [6.07, 6.45) is 0. The maximum Gasteiger partial charge on any atom is 0.246 e. The zero-order chi connectivity index (χ0) is 18.0. The lowest BCUT2D eigenvalue weighted by Gasteiger charge is -2.34. The van der Waals surface area contributed by atoms with E-state index in [4.69, 9.17) is 10.3 Å². The van der Waals surface area contributed by atoms with E-state index in [1.807, 2.05) is 20.8 Å². The number of hydrogen-bond donors (Lipinski definition) is 3. The van der Waals surface area contributed by atoms with Gasteiger partial charge in [-0.15, -0.1) is 0 Å². The molecule has 132 valence electrons. The fourth-order valence-electron chi connectivity index (χ4n) is 2.02. The van der Waals surface area contributed by atoms with Crippen molar-refractivity contribution in [2.24, 2.45) is 11.7 Å². The predicted octanol–water partition coefficient (Wildman–Crippen LogP) is 0.448. The molecule has 0 spiro atoms. The fourth-order valence-corrected chi connectivity index (χ4v) is 3.56. The molecule has 0 aliphatic rings. The standard InChI is InChI=1S/C14H26N4O4S/c1-8(2)14(6,7-15)16-13(19)10(4)18-23(20,21)12-9(3)17-22-11(12)5/h8,10,18H,7,15H2,1-6H3,(H,16,19). The van der Waals surface area contributed by atoms with Crippen LogP contribution in [0.4, 0.5) is 0 Å². The first-order chi connectivity index (χ1) is 10.4. The molecule has 1 heterocycles. The number of aromatic nitrogens is 1. The van der Waals surface area contributed by atoms with Crippen molar-refractivity contribution in [3.05, 3.63) is 11.5 Å². The highest BCUT2D eigenvalue weighted by Crippen LogP contribution is 2.19. The van der Waals surface area contributed by atoms with Crippen LogP contribution in [0.3, 0.4) is 0 Å². The summed E-state index contributed by atoms with van der Waals surface area (Å²) < 4.78 is 32.0. The van der Waals surface area contributed by atoms with E-state index in [1.54, 1.807) is 0 Å². The first-order valence-electron chi connectivity index (χ1n) is 7.42. The van der Waals surface area contributed by atoms with E-state index in [1.165, 1.54) is 20.8 Å². The summed E-state index contributed by atoms with van der Waals surface area (Å²) in [7, 11) is -3.90. The molecule has 0 fully saturated rings. The number of sulfonamides is 1. The van der Waals surface area contributed by atoms with Crippen LogP contribution < -0.4 is 15.8 Å². The molecule has 1 amide bonds. The Labute approximate surface area is 137 Å². The molecule has 0 saturated carbocycles. The van der Waals surface area contributed by atoms with Gasteiger partial charge in [0, 0.05) is 6.54 Å². The van der Waals surface area contributed by atoms with Gasteiger partial charge in [0.2, 0.25) is 15.9 Å². The summed E-state index contributed by atoms with van der Waals surface area (Å²) in [5, 5.41) is 6.43. The van der Waals surface area contributed by atoms with Crippen LogP contribution in [-0.4, -0.2) is 37.6 Å². The van der Waals surface area contributed by atoms with Crippen molar-refractivity contribution < 1.29 is 17.7 Å². The number of carbonyl (C=O) groups is 1. The molecule has 4 N–H and O–H groups in total. The average Bonchev–Trinajstić information content (AvgIpc) is 2.77. The lowest BCUT2D eigenvalue weighted by molar-refractivity contribution is -0.124. The Morgan fingerprint density at radius 2 is 1.91 bits per heavy atom. The number of nitrogens with two attached hydrogens (primary N) is 1. The van der Waals surface area contributed by atoms with Crippen molar-refractivity contribution in [2.45, 2.75) is 58.0 Å². The number of nitrogens with zero attached hydrogens (tertiary/aromatic N) is 1. The van der Waals surface area contributed by atoms with Crippen LogP contribution in [0, 0.1) is 19.8 Å². The topological polar surface area (TPSA) is 127 Å². The summed E-state index contributed by atoms with van der Waals surface area (Å²) in [6, 6.07) is -0.960. The lowest BCUT2D eigenvalue weighted by Crippen LogP contribution is -2.59. The average molecular weight is 346 g/mol. The Balaban J connectivity index is 2.91. The van der Waals surface area contributed by atoms with Gasteiger partial charge in [-0.1, -0.05) is 19.0 Å². The number of carbonyl (C=O) groups excluding carboxylic acids is 1. The molecule has 0 aliphatic heterocycles. The van der Waals surface area contributed by atoms with E-state index >= 15 is 0 Å². The maximum atomic E-state index is 12.4. The minimum Gasteiger partial charge on any atom is -0.360 e. The highest BCUT2D eigenvalue weighted by atomic mass is 32.2. The summed E-state index contributed by atoms with van der Waals surface area (Å²) in [4.78, 5) is 12.3. The molecule has 1 aromatic heterocycles. The van der Waals surface area contributed by atoms with Crippen molar-refractivity contribution in [3.63, 3.8) is 0 Å². The molecule has 2 atom stereocenters. The van der Waals surface area contributed by atoms with E-state index in [0.717, 1.165) is 0 Å². The number of amides is 1. The van der Waals surface area contributed by atoms with Gasteiger partial charge in [0.05, 0.1) is 11.6 Å². The second-order valence-corrected chi connectivity index (χ2v) is 7.91. The van der Waals surface area contributed by atoms with Gasteiger partial charge in [0.1, 0.15) is 10.6 Å². The molecule has 0 aromatic carbocycles. The van der Waals surface area contributed by atoms with Gasteiger partial charge in [-0.2, -0.15) is 4.72 Å². The molecule has 2 unspecified atom stereocenters. The normalized spacial score (nSPS) is 16.2. The predicted molar refractivity (Wildman–Crippen MR) is 86.2 cm³/mol. The summed E-state index contributed by atoms with van der Waals surface area (Å²) >= 11 is 0. The van der Waals surface area contributed by atoms with Crippen molar-refractivity contribution in [3.8, 4) is 0 Å². The molecule has 1 aromatic rings. The summed E-state index contributed by atoms with van der Waals surface area (Å²) in [6.45, 7) is 10.5. The Bertz CT molecular complexity index is 649. The zero-order valence-corrected chi connectivity index (χ0v) is 15.2. The smallest absolute Gasteiger partial charge is 0.246 e. The molecule has 1 rings (SSSR count). The van der Waals surface area contributed by atoms with Crippen LogP contribution in [0.25, 0.3) is 0 Å². The minimum absolute atomic E-state index is 0.0393. The van der Waals surface area contributed by atoms with Crippen molar-refractivity contribution in [1.29, 1.82) is 0 Å². The molecule has 9 heteroatoms. The highest BCUT2D eigenvalue weighted by molar-refractivity contribution is 7.89. The Hall–Kier alpha value is -1.45. The number of rotatable bonds is 7. The third-order valence-electron chi connectivity index (χ3n) is 4.07. The Kier molecular flexibility index (Phi) is 5.95. The van der Waals surface area contributed by atoms with Gasteiger partial charge in [-0.3, -0.25) is 4.79 Å². The van der Waals surface area contributed by atoms with E-state index < -0.39 is 27.5 Å². The van der Waals surface area contributed by atoms with E-state index in [2.05, 4.69) is 15.2 Å². The van der Waals surface area contributed by atoms with Crippen LogP contribution in [0.1, 0.15) is 39.1 Å². The SMILES string of the molecule is Cc1noc(C)c1S(=O)(=O)NC(C)C(=O)NC(C)(CN)C(C)C. The van der Waals surface area contributed by atoms with Gasteiger partial charge in [-0.25, -0.2) is 8.42 Å². The largest absolute Gasteiger partial charge is 0.360 e. The molecule has 8 nitrogen and oxygen atoms in total. The third-order valence-corrected chi connectivity index (χ3v) is 5.85. The summed E-state index contributed by atoms with van der Waals surface area (Å²) in [5.74, 6) is -0.165. The Morgan fingerprint density at radius 3 is 2.30 bits per heavy atom. The van der Waals surface area contributed by atoms with E-state index in [9.17, 15) is 13.2 Å². The van der Waals surface area contributed by atoms with Gasteiger partial charge in [-0.05, 0) is 33.6 Å². The zero-order valence-electron chi connectivity index (χ0n) is 14.4. The number of nitrogens with one attached hydrogen (secondary N) is 2. The quantitative estimate of drug-likeness (QED) is 0.658. The number of hydrogen-bond acceptors (Lipinski definition) is 6. The fraction of sp³-hybridized carbons (Fsp3) is 0.714. The van der Waals surface area contributed by atoms with Crippen LogP contribution >= 0.6 is 0 Å². The van der Waals surface area contributed by atoms with E-state index in [-0.39, 0.29) is 28.8 Å². The highest BCUT2D eigenvalue weighted by Gasteiger charge is 2.33. The first-order valence-corrected chi connectivity index (χ1v) is 8.90. The van der Waals surface area contributed by atoms with Crippen molar-refractivity contribution in [2.75, 3.05) is 6.54 Å². The van der Waals surface area contributed by atoms with Gasteiger partial charge in [0.25, 0.3) is 0 Å². The maximum absolute atomic E-state index is 12.4. The molecule has 0 radical (unpaired) electrons. The van der Waals surface area contributed by atoms with Crippen LogP contribution in [-0.2, 0) is 14.8 Å². The molecule has 0 saturated heterocycles. The molecular weight excluding hydrogens is 320 g/mol. The van der Waals surface area contributed by atoms with Crippen molar-refractivity contribution in [1.82, 2.24) is 15.2 Å². The molecule has 0 aliphatic carbocycles. The van der Waals surface area contributed by atoms with Gasteiger partial charge < -0.3 is 15.6 Å². The summed E-state index contributed by atoms with van der Waals surface area (Å²) in [5.41, 5.74) is 5.36. The second-order valence-electron chi connectivity index (χ2n) is 6.26. The van der Waals surface area contributed by atoms with Gasteiger partial charge in [0.15, 0.2) is 5.76 Å². The third kappa shape index (κ3) is 4.30. The van der Waals surface area contributed by atoms with Crippen LogP contribution in [0.15, 0.2) is 9.42 Å². The minimum atomic E-state index is -3.90. The molecular formula is C14H26N4O4S. The van der Waals surface area contributed by atoms with Gasteiger partial charge >= 0.3 is 0 Å². The van der Waals surface area contributed by atoms with Crippen LogP contribution in [0.2, 0.25) is 0 Å². The lowest BCUT2D eigenvalue weighted by atomic mass is 9.88. The number of aryl methyl sites for hydroxylation is 2. The Morgan fingerprint density at radius 1 is 1.35 bits per heavy atom. The van der Waals surface area contributed by atoms with Crippen LogP contribution in [0.5, 0.6) is 0 Å². The van der Waals surface area contributed by atoms with E-state index in [0.29, 0.717) is 0 Å². The second kappa shape index (κ2) is 6.98.